The van der Waals surface area contributed by atoms with Gasteiger partial charge in [-0.3, -0.25) is 9.69 Å². The molecule has 0 aliphatic carbocycles. The van der Waals surface area contributed by atoms with Crippen molar-refractivity contribution >= 4 is 56.9 Å². The van der Waals surface area contributed by atoms with E-state index < -0.39 is 0 Å². The molecule has 3 aromatic rings. The molecule has 0 unspecified atom stereocenters. The van der Waals surface area contributed by atoms with Crippen LogP contribution in [0.25, 0.3) is 17.0 Å². The minimum atomic E-state index is -0.0577. The molecule has 0 N–H and O–H groups in total. The maximum Gasteiger partial charge on any atom is 0.296 e. The predicted octanol–water partition coefficient (Wildman–Crippen LogP) is 5.22. The third-order valence-corrected chi connectivity index (χ3v) is 5.44. The lowest BCUT2D eigenvalue weighted by molar-refractivity contribution is 0.268. The summed E-state index contributed by atoms with van der Waals surface area (Å²) >= 11 is 6.75. The zero-order valence-electron chi connectivity index (χ0n) is 13.0. The molecule has 0 saturated carbocycles. The highest BCUT2D eigenvalue weighted by molar-refractivity contribution is 8.20. The minimum absolute atomic E-state index is 0.0577. The highest BCUT2D eigenvalue weighted by atomic mass is 32.2. The Morgan fingerprint density at radius 2 is 1.75 bits per heavy atom. The Balaban J connectivity index is 1.76. The van der Waals surface area contributed by atoms with Gasteiger partial charge in [-0.1, -0.05) is 48.6 Å². The van der Waals surface area contributed by atoms with E-state index in [1.807, 2.05) is 55.6 Å². The van der Waals surface area contributed by atoms with E-state index in [0.717, 1.165) is 27.1 Å². The van der Waals surface area contributed by atoms with Crippen molar-refractivity contribution in [3.8, 4) is 0 Å². The molecule has 0 atom stereocenters. The van der Waals surface area contributed by atoms with Crippen LogP contribution >= 0.6 is 24.0 Å². The van der Waals surface area contributed by atoms with E-state index in [-0.39, 0.29) is 5.24 Å². The molecule has 1 amide bonds. The zero-order valence-corrected chi connectivity index (χ0v) is 14.6. The van der Waals surface area contributed by atoms with Gasteiger partial charge < -0.3 is 4.57 Å². The molecule has 118 valence electrons. The first kappa shape index (κ1) is 15.2. The van der Waals surface area contributed by atoms with E-state index in [2.05, 4.69) is 22.9 Å². The number of carbonyl (C=O) groups is 1. The fraction of sp³-hybridized carbons (Fsp3) is 0.0526. The van der Waals surface area contributed by atoms with Crippen LogP contribution in [0.15, 0.2) is 65.7 Å². The maximum atomic E-state index is 12.4. The van der Waals surface area contributed by atoms with Gasteiger partial charge in [0.05, 0.1) is 10.6 Å². The molecule has 24 heavy (non-hydrogen) atoms. The molecule has 0 bridgehead atoms. The van der Waals surface area contributed by atoms with Gasteiger partial charge in [0.2, 0.25) is 0 Å². The number of aromatic nitrogens is 1. The second-order valence-corrected chi connectivity index (χ2v) is 6.95. The van der Waals surface area contributed by atoms with Gasteiger partial charge in [-0.25, -0.2) is 0 Å². The lowest BCUT2D eigenvalue weighted by Crippen LogP contribution is -2.26. The van der Waals surface area contributed by atoms with E-state index in [1.54, 1.807) is 4.90 Å². The molecular formula is C19H14N2OS2. The first-order valence-electron chi connectivity index (χ1n) is 7.52. The van der Waals surface area contributed by atoms with Crippen LogP contribution in [-0.4, -0.2) is 14.8 Å². The van der Waals surface area contributed by atoms with Crippen LogP contribution in [0.2, 0.25) is 0 Å². The monoisotopic (exact) mass is 350 g/mol. The van der Waals surface area contributed by atoms with Crippen molar-refractivity contribution in [2.45, 2.75) is 0 Å². The fourth-order valence-corrected chi connectivity index (χ4v) is 4.17. The molecule has 2 heterocycles. The van der Waals surface area contributed by atoms with Gasteiger partial charge in [0.15, 0.2) is 0 Å². The van der Waals surface area contributed by atoms with Crippen molar-refractivity contribution in [1.82, 2.24) is 4.57 Å². The Kier molecular flexibility index (Phi) is 3.75. The summed E-state index contributed by atoms with van der Waals surface area (Å²) in [4.78, 5) is 15.4. The number of para-hydroxylation sites is 2. The van der Waals surface area contributed by atoms with Crippen molar-refractivity contribution in [1.29, 1.82) is 0 Å². The Morgan fingerprint density at radius 1 is 1.04 bits per heavy atom. The van der Waals surface area contributed by atoms with E-state index in [1.165, 1.54) is 11.8 Å². The Labute approximate surface area is 149 Å². The lowest BCUT2D eigenvalue weighted by Gasteiger charge is -2.14. The number of thioether (sulfide) groups is 1. The van der Waals surface area contributed by atoms with Gasteiger partial charge in [0.25, 0.3) is 5.24 Å². The average Bonchev–Trinajstić information content (AvgIpc) is 3.06. The van der Waals surface area contributed by atoms with E-state index in [0.29, 0.717) is 4.99 Å². The minimum Gasteiger partial charge on any atom is -0.350 e. The number of anilines is 1. The quantitative estimate of drug-likeness (QED) is 0.468. The molecule has 1 aliphatic heterocycles. The molecule has 1 aromatic heterocycles. The van der Waals surface area contributed by atoms with Crippen LogP contribution < -0.4 is 4.90 Å². The van der Waals surface area contributed by atoms with Crippen LogP contribution in [-0.2, 0) is 7.05 Å². The third kappa shape index (κ3) is 2.46. The van der Waals surface area contributed by atoms with E-state index >= 15 is 0 Å². The molecular weight excluding hydrogens is 336 g/mol. The van der Waals surface area contributed by atoms with Crippen LogP contribution in [0.4, 0.5) is 10.5 Å². The average molecular weight is 350 g/mol. The van der Waals surface area contributed by atoms with Crippen LogP contribution in [0.3, 0.4) is 0 Å². The number of amides is 1. The second kappa shape index (κ2) is 5.92. The van der Waals surface area contributed by atoms with Crippen molar-refractivity contribution < 1.29 is 4.79 Å². The molecule has 2 aromatic carbocycles. The summed E-state index contributed by atoms with van der Waals surface area (Å²) in [6.07, 6.45) is 4.08. The summed E-state index contributed by atoms with van der Waals surface area (Å²) in [6, 6.07) is 17.7. The molecule has 5 heteroatoms. The number of aryl methyl sites for hydroxylation is 1. The molecule has 1 fully saturated rings. The third-order valence-electron chi connectivity index (χ3n) is 4.02. The number of hydrogen-bond acceptors (Lipinski definition) is 3. The summed E-state index contributed by atoms with van der Waals surface area (Å²) in [6.45, 7) is 0. The number of benzene rings is 2. The maximum absolute atomic E-state index is 12.4. The van der Waals surface area contributed by atoms with Crippen molar-refractivity contribution in [2.24, 2.45) is 7.05 Å². The predicted molar refractivity (Wildman–Crippen MR) is 105 cm³/mol. The van der Waals surface area contributed by atoms with Gasteiger partial charge in [-0.15, -0.1) is 0 Å². The first-order valence-corrected chi connectivity index (χ1v) is 8.75. The fourth-order valence-electron chi connectivity index (χ4n) is 2.90. The summed E-state index contributed by atoms with van der Waals surface area (Å²) in [7, 11) is 2.02. The smallest absolute Gasteiger partial charge is 0.296 e. The molecule has 4 rings (SSSR count). The lowest BCUT2D eigenvalue weighted by atomic mass is 10.1. The molecule has 1 aliphatic rings. The van der Waals surface area contributed by atoms with Crippen LogP contribution in [0.5, 0.6) is 0 Å². The molecule has 1 saturated heterocycles. The highest BCUT2D eigenvalue weighted by Gasteiger charge is 2.32. The second-order valence-electron chi connectivity index (χ2n) is 5.57. The molecule has 3 nitrogen and oxygen atoms in total. The number of fused-ring (bicyclic) bond motifs is 1. The van der Waals surface area contributed by atoms with Gasteiger partial charge in [0, 0.05) is 29.7 Å². The summed E-state index contributed by atoms with van der Waals surface area (Å²) < 4.78 is 2.08. The number of thiocarbonyl (C=S) groups is 1. The normalized spacial score (nSPS) is 16.5. The van der Waals surface area contributed by atoms with E-state index in [9.17, 15) is 4.79 Å². The van der Waals surface area contributed by atoms with Gasteiger partial charge in [-0.05, 0) is 36.0 Å². The Morgan fingerprint density at radius 3 is 2.54 bits per heavy atom. The highest BCUT2D eigenvalue weighted by Crippen LogP contribution is 2.37. The van der Waals surface area contributed by atoms with Crippen molar-refractivity contribution in [3.63, 3.8) is 0 Å². The van der Waals surface area contributed by atoms with Crippen molar-refractivity contribution in [3.05, 3.63) is 71.3 Å². The summed E-state index contributed by atoms with van der Waals surface area (Å²) in [5.41, 5.74) is 3.03. The number of hydrogen-bond donors (Lipinski definition) is 0. The molecule has 0 radical (unpaired) electrons. The Bertz CT molecular complexity index is 989. The van der Waals surface area contributed by atoms with Crippen LogP contribution in [0, 0.1) is 0 Å². The number of rotatable bonds is 2. The van der Waals surface area contributed by atoms with Gasteiger partial charge >= 0.3 is 0 Å². The number of carbonyl (C=O) groups excluding carboxylic acids is 1. The summed E-state index contributed by atoms with van der Waals surface area (Å²) in [5.74, 6) is 0. The number of nitrogens with zero attached hydrogens (tertiary/aromatic N) is 2. The van der Waals surface area contributed by atoms with Crippen LogP contribution in [0.1, 0.15) is 5.56 Å². The standard InChI is InChI=1S/C19H14N2OS2/c1-20-12-13(15-9-5-6-10-16(15)20)11-17-18(23)21(19(22)24-17)14-7-3-2-4-8-14/h2-12H,1H3. The largest absolute Gasteiger partial charge is 0.350 e. The zero-order chi connectivity index (χ0) is 16.7. The van der Waals surface area contributed by atoms with Gasteiger partial charge in [-0.2, -0.15) is 0 Å². The van der Waals surface area contributed by atoms with Crippen molar-refractivity contribution in [2.75, 3.05) is 4.90 Å². The molecule has 0 spiro atoms. The SMILES string of the molecule is Cn1cc(C=C2SC(=O)N(c3ccccc3)C2=S)c2ccccc21. The topological polar surface area (TPSA) is 25.2 Å². The van der Waals surface area contributed by atoms with E-state index in [4.69, 9.17) is 12.2 Å². The Hall–Kier alpha value is -2.37. The van der Waals surface area contributed by atoms with Gasteiger partial charge in [0.1, 0.15) is 4.99 Å². The first-order chi connectivity index (χ1) is 11.6. The summed E-state index contributed by atoms with van der Waals surface area (Å²) in [5, 5.41) is 1.10.